The molecule has 0 amide bonds. The molecule has 5 fully saturated rings. The number of nitrogens with one attached hydrogen (secondary N) is 1. The molecule has 4 aliphatic carbocycles. The lowest BCUT2D eigenvalue weighted by molar-refractivity contribution is -0.0164. The Kier molecular flexibility index (Phi) is 2.12. The largest absolute Gasteiger partial charge is 0.495 e. The molecule has 3 heteroatoms. The van der Waals surface area contributed by atoms with E-state index in [1.165, 1.54) is 37.8 Å². The Bertz CT molecular complexity index is 528. The Morgan fingerprint density at radius 2 is 1.70 bits per heavy atom. The highest BCUT2D eigenvalue weighted by molar-refractivity contribution is 5.64. The minimum absolute atomic E-state index is 0.266. The molecule has 1 N–H and O–H groups in total. The molecule has 4 bridgehead atoms. The summed E-state index contributed by atoms with van der Waals surface area (Å²) in [4.78, 5) is 0. The molecule has 3 nitrogen and oxygen atoms in total. The maximum atomic E-state index is 5.55. The first kappa shape index (κ1) is 11.4. The van der Waals surface area contributed by atoms with E-state index in [0.717, 1.165) is 29.4 Å². The number of hydrogen-bond donors (Lipinski definition) is 1. The van der Waals surface area contributed by atoms with Crippen molar-refractivity contribution in [2.24, 2.45) is 23.7 Å². The number of ether oxygens (including phenoxy) is 1. The molecular weight excluding hydrogens is 248 g/mol. The molecule has 0 aromatic heterocycles. The number of para-hydroxylation sites is 2. The maximum Gasteiger partial charge on any atom is 0.143 e. The lowest BCUT2D eigenvalue weighted by Gasteiger charge is -2.53. The highest BCUT2D eigenvalue weighted by Crippen LogP contribution is 2.64. The first-order valence-corrected chi connectivity index (χ1v) is 8.02. The van der Waals surface area contributed by atoms with Gasteiger partial charge in [0.2, 0.25) is 0 Å². The minimum atomic E-state index is 0.266. The standard InChI is InChI=1S/C17H22N2O/c1-20-16-5-3-2-4-15(16)19-17(18-19)13-7-11-6-12(9-13)10-14(17)8-11/h2-5,11-14,18H,6-10H2,1H3. The number of benzene rings is 1. The Morgan fingerprint density at radius 1 is 1.05 bits per heavy atom. The van der Waals surface area contributed by atoms with Gasteiger partial charge >= 0.3 is 0 Å². The SMILES string of the molecule is COc1ccccc1N1NC12C1CC3CC(C1)CC2C3. The number of nitrogens with zero attached hydrogens (tertiary/aromatic N) is 1. The second-order valence-electron chi connectivity index (χ2n) is 7.25. The number of hydrazine groups is 1. The van der Waals surface area contributed by atoms with Crippen LogP contribution in [0.4, 0.5) is 5.69 Å². The average Bonchev–Trinajstić information content (AvgIpc) is 3.20. The Morgan fingerprint density at radius 3 is 2.35 bits per heavy atom. The van der Waals surface area contributed by atoms with Crippen LogP contribution < -0.4 is 15.2 Å². The fourth-order valence-electron chi connectivity index (χ4n) is 5.68. The molecule has 0 radical (unpaired) electrons. The van der Waals surface area contributed by atoms with Gasteiger partial charge in [-0.25, -0.2) is 5.43 Å². The van der Waals surface area contributed by atoms with Crippen molar-refractivity contribution in [2.75, 3.05) is 12.1 Å². The lowest BCUT2D eigenvalue weighted by Crippen LogP contribution is -2.53. The lowest BCUT2D eigenvalue weighted by atomic mass is 9.52. The predicted molar refractivity (Wildman–Crippen MR) is 78.4 cm³/mol. The molecule has 4 saturated carbocycles. The van der Waals surface area contributed by atoms with Crippen LogP contribution in [0.5, 0.6) is 5.75 Å². The van der Waals surface area contributed by atoms with E-state index in [4.69, 9.17) is 4.74 Å². The van der Waals surface area contributed by atoms with Gasteiger partial charge in [-0.3, -0.25) is 5.01 Å². The highest BCUT2D eigenvalue weighted by atomic mass is 16.5. The van der Waals surface area contributed by atoms with Crippen molar-refractivity contribution in [3.63, 3.8) is 0 Å². The van der Waals surface area contributed by atoms with E-state index >= 15 is 0 Å². The van der Waals surface area contributed by atoms with Gasteiger partial charge in [0.05, 0.1) is 12.8 Å². The topological polar surface area (TPSA) is 34.2 Å². The van der Waals surface area contributed by atoms with Crippen LogP contribution in [0.1, 0.15) is 32.1 Å². The van der Waals surface area contributed by atoms with E-state index < -0.39 is 0 Å². The molecule has 0 atom stereocenters. The molecule has 20 heavy (non-hydrogen) atoms. The minimum Gasteiger partial charge on any atom is -0.495 e. The van der Waals surface area contributed by atoms with Gasteiger partial charge in [-0.2, -0.15) is 0 Å². The van der Waals surface area contributed by atoms with E-state index in [1.807, 2.05) is 0 Å². The summed E-state index contributed by atoms with van der Waals surface area (Å²) < 4.78 is 5.55. The monoisotopic (exact) mass is 270 g/mol. The van der Waals surface area contributed by atoms with Crippen LogP contribution in [0.15, 0.2) is 24.3 Å². The van der Waals surface area contributed by atoms with Crippen molar-refractivity contribution < 1.29 is 4.74 Å². The van der Waals surface area contributed by atoms with Crippen molar-refractivity contribution in [2.45, 2.75) is 37.8 Å². The summed E-state index contributed by atoms with van der Waals surface area (Å²) in [6, 6.07) is 8.42. The molecule has 0 unspecified atom stereocenters. The quantitative estimate of drug-likeness (QED) is 0.838. The van der Waals surface area contributed by atoms with Crippen LogP contribution in [0.25, 0.3) is 0 Å². The summed E-state index contributed by atoms with van der Waals surface area (Å²) >= 11 is 0. The zero-order chi connectivity index (χ0) is 13.3. The van der Waals surface area contributed by atoms with Crippen LogP contribution in [-0.2, 0) is 0 Å². The third-order valence-corrected chi connectivity index (χ3v) is 6.32. The zero-order valence-corrected chi connectivity index (χ0v) is 12.0. The molecule has 1 saturated heterocycles. The maximum absolute atomic E-state index is 5.55. The Balaban J connectivity index is 1.52. The second-order valence-corrected chi connectivity index (χ2v) is 7.25. The fourth-order valence-corrected chi connectivity index (χ4v) is 5.68. The summed E-state index contributed by atoms with van der Waals surface area (Å²) in [5.41, 5.74) is 5.26. The van der Waals surface area contributed by atoms with Gasteiger partial charge in [0, 0.05) is 0 Å². The fraction of sp³-hybridized carbons (Fsp3) is 0.647. The second kappa shape index (κ2) is 3.70. The molecule has 106 valence electrons. The number of anilines is 1. The van der Waals surface area contributed by atoms with Crippen molar-refractivity contribution in [3.8, 4) is 5.75 Å². The molecular formula is C17H22N2O. The normalized spacial score (nSPS) is 44.1. The summed E-state index contributed by atoms with van der Waals surface area (Å²) in [6.07, 6.45) is 7.26. The molecule has 1 aromatic rings. The Labute approximate surface area is 120 Å². The first-order chi connectivity index (χ1) is 9.81. The summed E-state index contributed by atoms with van der Waals surface area (Å²) in [6.45, 7) is 0. The molecule has 5 aliphatic rings. The van der Waals surface area contributed by atoms with Crippen LogP contribution >= 0.6 is 0 Å². The van der Waals surface area contributed by atoms with Gasteiger partial charge in [-0.1, -0.05) is 12.1 Å². The molecule has 1 aromatic carbocycles. The van der Waals surface area contributed by atoms with Gasteiger partial charge in [0.25, 0.3) is 0 Å². The van der Waals surface area contributed by atoms with Crippen LogP contribution in [0, 0.1) is 23.7 Å². The smallest absolute Gasteiger partial charge is 0.143 e. The van der Waals surface area contributed by atoms with E-state index in [9.17, 15) is 0 Å². The molecule has 1 aliphatic heterocycles. The van der Waals surface area contributed by atoms with E-state index in [0.29, 0.717) is 0 Å². The van der Waals surface area contributed by atoms with Gasteiger partial charge in [0.15, 0.2) is 0 Å². The van der Waals surface area contributed by atoms with Gasteiger partial charge in [-0.05, 0) is 67.9 Å². The molecule has 6 rings (SSSR count). The van der Waals surface area contributed by atoms with Crippen LogP contribution in [-0.4, -0.2) is 12.8 Å². The van der Waals surface area contributed by atoms with E-state index in [2.05, 4.69) is 34.7 Å². The van der Waals surface area contributed by atoms with Gasteiger partial charge in [-0.15, -0.1) is 0 Å². The van der Waals surface area contributed by atoms with Crippen LogP contribution in [0.2, 0.25) is 0 Å². The van der Waals surface area contributed by atoms with Crippen molar-refractivity contribution >= 4 is 5.69 Å². The molecule has 1 heterocycles. The van der Waals surface area contributed by atoms with E-state index in [1.54, 1.807) is 7.11 Å². The third kappa shape index (κ3) is 1.30. The van der Waals surface area contributed by atoms with Crippen LogP contribution in [0.3, 0.4) is 0 Å². The number of methoxy groups -OCH3 is 1. The first-order valence-electron chi connectivity index (χ1n) is 8.02. The van der Waals surface area contributed by atoms with E-state index in [-0.39, 0.29) is 5.66 Å². The Hall–Kier alpha value is -1.22. The molecule has 1 spiro atoms. The third-order valence-electron chi connectivity index (χ3n) is 6.32. The number of hydrogen-bond acceptors (Lipinski definition) is 3. The summed E-state index contributed by atoms with van der Waals surface area (Å²) in [5, 5.41) is 2.43. The predicted octanol–water partition coefficient (Wildman–Crippen LogP) is 3.17. The van der Waals surface area contributed by atoms with Gasteiger partial charge in [0.1, 0.15) is 11.4 Å². The summed E-state index contributed by atoms with van der Waals surface area (Å²) in [5.74, 6) is 4.73. The highest BCUT2D eigenvalue weighted by Gasteiger charge is 2.68. The zero-order valence-electron chi connectivity index (χ0n) is 12.0. The number of rotatable bonds is 2. The van der Waals surface area contributed by atoms with Crippen molar-refractivity contribution in [1.29, 1.82) is 0 Å². The summed E-state index contributed by atoms with van der Waals surface area (Å²) in [7, 11) is 1.77. The van der Waals surface area contributed by atoms with Crippen molar-refractivity contribution in [1.82, 2.24) is 5.43 Å². The van der Waals surface area contributed by atoms with Crippen molar-refractivity contribution in [3.05, 3.63) is 24.3 Å². The average molecular weight is 270 g/mol. The van der Waals surface area contributed by atoms with Gasteiger partial charge < -0.3 is 4.74 Å².